The number of ether oxygens (including phenoxy) is 1. The lowest BCUT2D eigenvalue weighted by atomic mass is 10.2. The van der Waals surface area contributed by atoms with Crippen molar-refractivity contribution in [3.63, 3.8) is 0 Å². The molecule has 20 heavy (non-hydrogen) atoms. The minimum Gasteiger partial charge on any atom is -0.506 e. The fourth-order valence-electron chi connectivity index (χ4n) is 0.860. The standard InChI is InChI=1S/C10H10F5NO4/c1-2-20-8(19)6(16-5-17)3-4-7(18)9(11,12)10(13,14)15/h3-5,18H,2H2,1H3,(H,16,17)/b6-3-,7-4-. The van der Waals surface area contributed by atoms with E-state index in [9.17, 15) is 31.5 Å². The summed E-state index contributed by atoms with van der Waals surface area (Å²) in [7, 11) is 0. The summed E-state index contributed by atoms with van der Waals surface area (Å²) in [5.74, 6) is -8.98. The predicted molar refractivity (Wildman–Crippen MR) is 55.6 cm³/mol. The molecule has 0 saturated heterocycles. The maximum atomic E-state index is 12.6. The second-order valence-corrected chi connectivity index (χ2v) is 3.19. The van der Waals surface area contributed by atoms with Crippen LogP contribution in [0.25, 0.3) is 0 Å². The van der Waals surface area contributed by atoms with Gasteiger partial charge < -0.3 is 15.2 Å². The van der Waals surface area contributed by atoms with Gasteiger partial charge >= 0.3 is 18.1 Å². The third-order valence-electron chi connectivity index (χ3n) is 1.80. The van der Waals surface area contributed by atoms with E-state index in [0.717, 1.165) is 0 Å². The number of rotatable bonds is 6. The summed E-state index contributed by atoms with van der Waals surface area (Å²) >= 11 is 0. The molecule has 0 rings (SSSR count). The van der Waals surface area contributed by atoms with Crippen molar-refractivity contribution < 1.29 is 41.4 Å². The van der Waals surface area contributed by atoms with Crippen molar-refractivity contribution in [1.82, 2.24) is 5.32 Å². The molecule has 0 saturated carbocycles. The number of hydrogen-bond acceptors (Lipinski definition) is 4. The molecule has 5 nitrogen and oxygen atoms in total. The number of amides is 1. The highest BCUT2D eigenvalue weighted by atomic mass is 19.4. The first-order valence-corrected chi connectivity index (χ1v) is 5.01. The molecule has 0 aliphatic carbocycles. The molecule has 0 spiro atoms. The van der Waals surface area contributed by atoms with Crippen molar-refractivity contribution in [3.8, 4) is 0 Å². The van der Waals surface area contributed by atoms with Gasteiger partial charge in [-0.3, -0.25) is 4.79 Å². The van der Waals surface area contributed by atoms with E-state index in [1.165, 1.54) is 6.92 Å². The minimum absolute atomic E-state index is 0.0183. The van der Waals surface area contributed by atoms with Gasteiger partial charge in [-0.2, -0.15) is 22.0 Å². The average molecular weight is 303 g/mol. The Bertz CT molecular complexity index is 428. The van der Waals surface area contributed by atoms with Crippen molar-refractivity contribution in [2.75, 3.05) is 6.61 Å². The van der Waals surface area contributed by atoms with Gasteiger partial charge in [-0.15, -0.1) is 0 Å². The molecule has 2 N–H and O–H groups in total. The van der Waals surface area contributed by atoms with Crippen LogP contribution in [0.15, 0.2) is 23.6 Å². The molecule has 0 heterocycles. The van der Waals surface area contributed by atoms with Gasteiger partial charge in [0.1, 0.15) is 5.70 Å². The van der Waals surface area contributed by atoms with Gasteiger partial charge in [0.2, 0.25) is 6.41 Å². The van der Waals surface area contributed by atoms with Gasteiger partial charge in [0.15, 0.2) is 5.76 Å². The molecule has 10 heteroatoms. The van der Waals surface area contributed by atoms with Crippen LogP contribution in [0.5, 0.6) is 0 Å². The molecular weight excluding hydrogens is 293 g/mol. The summed E-state index contributed by atoms with van der Waals surface area (Å²) in [6.07, 6.45) is -5.71. The van der Waals surface area contributed by atoms with E-state index in [-0.39, 0.29) is 19.1 Å². The second-order valence-electron chi connectivity index (χ2n) is 3.19. The highest BCUT2D eigenvalue weighted by Crippen LogP contribution is 2.39. The molecule has 114 valence electrons. The Hall–Kier alpha value is -2.13. The van der Waals surface area contributed by atoms with Crippen molar-refractivity contribution in [2.24, 2.45) is 0 Å². The first-order chi connectivity index (χ1) is 9.07. The van der Waals surface area contributed by atoms with Crippen LogP contribution in [-0.2, 0) is 14.3 Å². The first-order valence-electron chi connectivity index (χ1n) is 5.01. The monoisotopic (exact) mass is 303 g/mol. The van der Waals surface area contributed by atoms with Crippen LogP contribution in [-0.4, -0.2) is 36.2 Å². The quantitative estimate of drug-likeness (QED) is 0.196. The van der Waals surface area contributed by atoms with Gasteiger partial charge in [0.25, 0.3) is 0 Å². The number of halogens is 5. The molecule has 0 aliphatic rings. The molecule has 0 radical (unpaired) electrons. The van der Waals surface area contributed by atoms with E-state index in [4.69, 9.17) is 5.11 Å². The van der Waals surface area contributed by atoms with Crippen LogP contribution in [0.4, 0.5) is 22.0 Å². The third-order valence-corrected chi connectivity index (χ3v) is 1.80. The summed E-state index contributed by atoms with van der Waals surface area (Å²) in [5, 5.41) is 10.5. The largest absolute Gasteiger partial charge is 0.506 e. The Morgan fingerprint density at radius 3 is 2.20 bits per heavy atom. The van der Waals surface area contributed by atoms with Crippen LogP contribution in [0.1, 0.15) is 6.92 Å². The second kappa shape index (κ2) is 6.87. The van der Waals surface area contributed by atoms with Gasteiger partial charge in [-0.1, -0.05) is 0 Å². The van der Waals surface area contributed by atoms with Crippen LogP contribution < -0.4 is 5.32 Å². The van der Waals surface area contributed by atoms with Crippen LogP contribution in [0.3, 0.4) is 0 Å². The van der Waals surface area contributed by atoms with E-state index in [1.807, 2.05) is 0 Å². The minimum atomic E-state index is -6.00. The van der Waals surface area contributed by atoms with Crippen LogP contribution >= 0.6 is 0 Å². The normalized spacial score (nSPS) is 13.9. The van der Waals surface area contributed by atoms with Crippen LogP contribution in [0.2, 0.25) is 0 Å². The van der Waals surface area contributed by atoms with Crippen molar-refractivity contribution >= 4 is 12.4 Å². The van der Waals surface area contributed by atoms with E-state index in [0.29, 0.717) is 6.08 Å². The summed E-state index contributed by atoms with van der Waals surface area (Å²) < 4.78 is 65.4. The Balaban J connectivity index is 5.32. The number of nitrogens with one attached hydrogen (secondary N) is 1. The van der Waals surface area contributed by atoms with E-state index in [1.54, 1.807) is 5.32 Å². The fraction of sp³-hybridized carbons (Fsp3) is 0.400. The number of aliphatic hydroxyl groups excluding tert-OH is 1. The van der Waals surface area contributed by atoms with Crippen LogP contribution in [0, 0.1) is 0 Å². The Morgan fingerprint density at radius 1 is 1.25 bits per heavy atom. The number of alkyl halides is 5. The number of aliphatic hydroxyl groups is 1. The molecule has 1 amide bonds. The first kappa shape index (κ1) is 17.9. The molecule has 0 bridgehead atoms. The summed E-state index contributed by atoms with van der Waals surface area (Å²) in [6, 6.07) is 0. The van der Waals surface area contributed by atoms with Gasteiger partial charge in [0, 0.05) is 0 Å². The topological polar surface area (TPSA) is 75.6 Å². The summed E-state index contributed by atoms with van der Waals surface area (Å²) in [5.41, 5.74) is -0.716. The third kappa shape index (κ3) is 4.52. The predicted octanol–water partition coefficient (Wildman–Crippen LogP) is 1.82. The summed E-state index contributed by atoms with van der Waals surface area (Å²) in [4.78, 5) is 21.3. The molecule has 0 unspecified atom stereocenters. The van der Waals surface area contributed by atoms with E-state index < -0.39 is 29.5 Å². The maximum Gasteiger partial charge on any atom is 0.461 e. The Labute approximate surface area is 109 Å². The SMILES string of the molecule is CCOC(=O)/C(=C/C=C(\O)C(F)(F)C(F)(F)F)NC=O. The molecule has 0 aromatic carbocycles. The zero-order valence-corrected chi connectivity index (χ0v) is 10.0. The van der Waals surface area contributed by atoms with Crippen molar-refractivity contribution in [1.29, 1.82) is 0 Å². The molecule has 0 fully saturated rings. The van der Waals surface area contributed by atoms with Crippen molar-refractivity contribution in [3.05, 3.63) is 23.6 Å². The number of hydrogen-bond donors (Lipinski definition) is 2. The molecular formula is C10H10F5NO4. The smallest absolute Gasteiger partial charge is 0.461 e. The van der Waals surface area contributed by atoms with E-state index in [2.05, 4.69) is 4.74 Å². The average Bonchev–Trinajstić information content (AvgIpc) is 2.32. The maximum absolute atomic E-state index is 12.6. The lowest BCUT2D eigenvalue weighted by Crippen LogP contribution is -2.38. The zero-order valence-electron chi connectivity index (χ0n) is 10.0. The Morgan fingerprint density at radius 2 is 1.80 bits per heavy atom. The lowest BCUT2D eigenvalue weighted by Gasteiger charge is -2.18. The van der Waals surface area contributed by atoms with Gasteiger partial charge in [-0.25, -0.2) is 4.79 Å². The van der Waals surface area contributed by atoms with E-state index >= 15 is 0 Å². The number of esters is 1. The van der Waals surface area contributed by atoms with Gasteiger partial charge in [0.05, 0.1) is 6.61 Å². The number of carbonyl (C=O) groups excluding carboxylic acids is 2. The number of carbonyl (C=O) groups is 2. The molecule has 0 aromatic rings. The zero-order chi connectivity index (χ0) is 16.0. The van der Waals surface area contributed by atoms with Gasteiger partial charge in [-0.05, 0) is 19.1 Å². The van der Waals surface area contributed by atoms with Crippen molar-refractivity contribution in [2.45, 2.75) is 19.0 Å². The fourth-order valence-corrected chi connectivity index (χ4v) is 0.860. The molecule has 0 aliphatic heterocycles. The number of allylic oxidation sites excluding steroid dienone is 3. The Kier molecular flexibility index (Phi) is 6.14. The molecule has 0 atom stereocenters. The highest BCUT2D eigenvalue weighted by Gasteiger charge is 2.60. The molecule has 0 aromatic heterocycles. The lowest BCUT2D eigenvalue weighted by molar-refractivity contribution is -0.274. The summed E-state index contributed by atoms with van der Waals surface area (Å²) in [6.45, 7) is 1.28. The highest BCUT2D eigenvalue weighted by molar-refractivity contribution is 5.90.